The van der Waals surface area contributed by atoms with Crippen LogP contribution in [0.25, 0.3) is 33.7 Å². The van der Waals surface area contributed by atoms with E-state index in [1.165, 1.54) is 12.6 Å². The number of carbonyl (C=O) groups excluding carboxylic acids is 1. The van der Waals surface area contributed by atoms with Crippen LogP contribution in [0.4, 0.5) is 0 Å². The molecule has 7 heteroatoms. The zero-order valence-corrected chi connectivity index (χ0v) is 18.9. The van der Waals surface area contributed by atoms with Gasteiger partial charge in [0.25, 0.3) is 5.89 Å². The van der Waals surface area contributed by atoms with Gasteiger partial charge in [0.2, 0.25) is 5.82 Å². The van der Waals surface area contributed by atoms with Gasteiger partial charge in [-0.2, -0.15) is 4.98 Å². The van der Waals surface area contributed by atoms with E-state index in [0.29, 0.717) is 37.3 Å². The van der Waals surface area contributed by atoms with Gasteiger partial charge in [0.15, 0.2) is 0 Å². The van der Waals surface area contributed by atoms with Gasteiger partial charge in [-0.25, -0.2) is 0 Å². The molecule has 166 valence electrons. The molecule has 32 heavy (non-hydrogen) atoms. The number of methoxy groups -OCH3 is 1. The minimum atomic E-state index is -0.214. The van der Waals surface area contributed by atoms with Crippen LogP contribution in [0.5, 0.6) is 0 Å². The zero-order valence-electron chi connectivity index (χ0n) is 18.9. The van der Waals surface area contributed by atoms with E-state index in [1.807, 2.05) is 25.1 Å². The molecule has 0 amide bonds. The normalized spacial score (nSPS) is 11.4. The molecule has 0 fully saturated rings. The average Bonchev–Trinajstić information content (AvgIpc) is 3.43. The van der Waals surface area contributed by atoms with Crippen molar-refractivity contribution in [3.63, 3.8) is 0 Å². The lowest BCUT2D eigenvalue weighted by Crippen LogP contribution is -2.18. The average molecular weight is 433 g/mol. The van der Waals surface area contributed by atoms with Gasteiger partial charge < -0.3 is 19.1 Å². The van der Waals surface area contributed by atoms with Crippen LogP contribution in [0.15, 0.2) is 53.2 Å². The summed E-state index contributed by atoms with van der Waals surface area (Å²) in [7, 11) is 1.40. The van der Waals surface area contributed by atoms with Gasteiger partial charge in [-0.05, 0) is 56.2 Å². The third-order valence-corrected chi connectivity index (χ3v) is 5.54. The van der Waals surface area contributed by atoms with Crippen molar-refractivity contribution in [2.75, 3.05) is 13.7 Å². The van der Waals surface area contributed by atoms with Gasteiger partial charge in [0.05, 0.1) is 13.5 Å². The molecule has 4 rings (SSSR count). The van der Waals surface area contributed by atoms with E-state index in [2.05, 4.69) is 69.1 Å². The van der Waals surface area contributed by atoms with Crippen molar-refractivity contribution in [1.82, 2.24) is 20.0 Å². The van der Waals surface area contributed by atoms with Crippen LogP contribution in [0.2, 0.25) is 0 Å². The summed E-state index contributed by atoms with van der Waals surface area (Å²) in [5, 5.41) is 8.61. The molecule has 0 aliphatic rings. The predicted molar refractivity (Wildman–Crippen MR) is 124 cm³/mol. The SMILES string of the molecule is COC(=O)CCNCc1ccc(-c2noc(-c3ccc4c(ccn4C(C)C)c3)n2)c(C)c1. The van der Waals surface area contributed by atoms with Crippen LogP contribution in [-0.2, 0) is 16.1 Å². The highest BCUT2D eigenvalue weighted by atomic mass is 16.5. The molecule has 0 saturated carbocycles. The summed E-state index contributed by atoms with van der Waals surface area (Å²) in [4.78, 5) is 15.8. The molecule has 0 radical (unpaired) electrons. The fourth-order valence-electron chi connectivity index (χ4n) is 3.81. The zero-order chi connectivity index (χ0) is 22.7. The second kappa shape index (κ2) is 9.36. The summed E-state index contributed by atoms with van der Waals surface area (Å²) in [5.41, 5.74) is 5.22. The fourth-order valence-corrected chi connectivity index (χ4v) is 3.81. The smallest absolute Gasteiger partial charge is 0.306 e. The van der Waals surface area contributed by atoms with Gasteiger partial charge >= 0.3 is 5.97 Å². The van der Waals surface area contributed by atoms with Crippen molar-refractivity contribution in [2.24, 2.45) is 0 Å². The maximum atomic E-state index is 11.2. The highest BCUT2D eigenvalue weighted by molar-refractivity contribution is 5.84. The van der Waals surface area contributed by atoms with E-state index in [0.717, 1.165) is 27.6 Å². The summed E-state index contributed by atoms with van der Waals surface area (Å²) >= 11 is 0. The number of rotatable bonds is 8. The second-order valence-electron chi connectivity index (χ2n) is 8.17. The Bertz CT molecular complexity index is 1240. The number of aromatic nitrogens is 3. The number of esters is 1. The third kappa shape index (κ3) is 4.57. The molecule has 0 atom stereocenters. The first-order valence-corrected chi connectivity index (χ1v) is 10.8. The Morgan fingerprint density at radius 3 is 2.78 bits per heavy atom. The van der Waals surface area contributed by atoms with Crippen molar-refractivity contribution in [2.45, 2.75) is 39.8 Å². The Kier molecular flexibility index (Phi) is 6.37. The number of ether oxygens (including phenoxy) is 1. The molecule has 0 unspecified atom stereocenters. The number of nitrogens with zero attached hydrogens (tertiary/aromatic N) is 3. The largest absolute Gasteiger partial charge is 0.469 e. The molecule has 2 heterocycles. The van der Waals surface area contributed by atoms with Gasteiger partial charge in [-0.1, -0.05) is 23.4 Å². The molecule has 2 aromatic heterocycles. The summed E-state index contributed by atoms with van der Waals surface area (Å²) in [5.74, 6) is 0.864. The first-order chi connectivity index (χ1) is 15.5. The number of hydrogen-bond acceptors (Lipinski definition) is 6. The summed E-state index contributed by atoms with van der Waals surface area (Å²) in [6, 6.07) is 14.9. The Morgan fingerprint density at radius 1 is 1.19 bits per heavy atom. The van der Waals surface area contributed by atoms with Gasteiger partial charge in [0.1, 0.15) is 0 Å². The van der Waals surface area contributed by atoms with Crippen LogP contribution in [0.1, 0.15) is 37.4 Å². The van der Waals surface area contributed by atoms with E-state index in [1.54, 1.807) is 0 Å². The van der Waals surface area contributed by atoms with Crippen molar-refractivity contribution >= 4 is 16.9 Å². The monoisotopic (exact) mass is 432 g/mol. The Morgan fingerprint density at radius 2 is 2.03 bits per heavy atom. The topological polar surface area (TPSA) is 82.2 Å². The van der Waals surface area contributed by atoms with E-state index in [4.69, 9.17) is 4.52 Å². The molecular formula is C25H28N4O3. The van der Waals surface area contributed by atoms with Crippen molar-refractivity contribution < 1.29 is 14.1 Å². The van der Waals surface area contributed by atoms with Gasteiger partial charge in [-0.15, -0.1) is 0 Å². The lowest BCUT2D eigenvalue weighted by atomic mass is 10.0. The quantitative estimate of drug-likeness (QED) is 0.315. The molecular weight excluding hydrogens is 404 g/mol. The number of hydrogen-bond donors (Lipinski definition) is 1. The lowest BCUT2D eigenvalue weighted by molar-refractivity contribution is -0.140. The Balaban J connectivity index is 1.48. The maximum Gasteiger partial charge on any atom is 0.306 e. The Hall–Kier alpha value is -3.45. The minimum Gasteiger partial charge on any atom is -0.469 e. The van der Waals surface area contributed by atoms with Crippen molar-refractivity contribution in [1.29, 1.82) is 0 Å². The van der Waals surface area contributed by atoms with Crippen LogP contribution in [-0.4, -0.2) is 34.3 Å². The number of nitrogens with one attached hydrogen (secondary N) is 1. The summed E-state index contributed by atoms with van der Waals surface area (Å²) < 4.78 is 12.5. The number of carbonyl (C=O) groups is 1. The molecule has 4 aromatic rings. The number of benzene rings is 2. The highest BCUT2D eigenvalue weighted by Crippen LogP contribution is 2.28. The van der Waals surface area contributed by atoms with Crippen molar-refractivity contribution in [3.05, 3.63) is 59.8 Å². The molecule has 2 aromatic carbocycles. The molecule has 0 saturated heterocycles. The standard InChI is InChI=1S/C25H28N4O3/c1-16(2)29-12-10-19-14-20(6-8-22(19)29)25-27-24(28-32-25)21-7-5-18(13-17(21)3)15-26-11-9-23(30)31-4/h5-8,10,12-14,16,26H,9,11,15H2,1-4H3. The van der Waals surface area contributed by atoms with Gasteiger partial charge in [-0.3, -0.25) is 4.79 Å². The first kappa shape index (κ1) is 21.8. The molecule has 1 N–H and O–H groups in total. The highest BCUT2D eigenvalue weighted by Gasteiger charge is 2.14. The van der Waals surface area contributed by atoms with Crippen LogP contribution >= 0.6 is 0 Å². The molecule has 7 nitrogen and oxygen atoms in total. The van der Waals surface area contributed by atoms with Crippen molar-refractivity contribution in [3.8, 4) is 22.8 Å². The maximum absolute atomic E-state index is 11.2. The van der Waals surface area contributed by atoms with Gasteiger partial charge in [0, 0.05) is 47.4 Å². The number of aryl methyl sites for hydroxylation is 1. The predicted octanol–water partition coefficient (Wildman–Crippen LogP) is 4.90. The number of fused-ring (bicyclic) bond motifs is 1. The molecule has 0 aliphatic carbocycles. The van der Waals surface area contributed by atoms with Crippen LogP contribution < -0.4 is 5.32 Å². The molecule has 0 spiro atoms. The van der Waals surface area contributed by atoms with Crippen LogP contribution in [0, 0.1) is 6.92 Å². The van der Waals surface area contributed by atoms with E-state index < -0.39 is 0 Å². The van der Waals surface area contributed by atoms with Crippen LogP contribution in [0.3, 0.4) is 0 Å². The fraction of sp³-hybridized carbons (Fsp3) is 0.320. The van der Waals surface area contributed by atoms with E-state index in [-0.39, 0.29) is 5.97 Å². The first-order valence-electron chi connectivity index (χ1n) is 10.8. The minimum absolute atomic E-state index is 0.214. The summed E-state index contributed by atoms with van der Waals surface area (Å²) in [6.07, 6.45) is 2.46. The lowest BCUT2D eigenvalue weighted by Gasteiger charge is -2.09. The molecule has 0 aliphatic heterocycles. The van der Waals surface area contributed by atoms with E-state index >= 15 is 0 Å². The third-order valence-electron chi connectivity index (χ3n) is 5.54. The second-order valence-corrected chi connectivity index (χ2v) is 8.17. The van der Waals surface area contributed by atoms with E-state index in [9.17, 15) is 4.79 Å². The summed E-state index contributed by atoms with van der Waals surface area (Å²) in [6.45, 7) is 7.62. The Labute approximate surface area is 187 Å². The molecule has 0 bridgehead atoms.